The van der Waals surface area contributed by atoms with Gasteiger partial charge in [0.05, 0.1) is 40.4 Å². The predicted molar refractivity (Wildman–Crippen MR) is 216 cm³/mol. The van der Waals surface area contributed by atoms with Crippen molar-refractivity contribution in [2.45, 2.75) is 159 Å². The van der Waals surface area contributed by atoms with Gasteiger partial charge in [-0.3, -0.25) is 14.3 Å². The molecule has 1 aromatic heterocycles. The number of hydrogen-bond acceptors (Lipinski definition) is 14. The number of aliphatic hydroxyl groups is 3. The zero-order valence-electron chi connectivity index (χ0n) is 36.2. The third-order valence-corrected chi connectivity index (χ3v) is 13.6. The number of aryl methyl sites for hydroxylation is 2. The van der Waals surface area contributed by atoms with Crippen LogP contribution in [0.25, 0.3) is 0 Å². The Morgan fingerprint density at radius 1 is 1.02 bits per heavy atom. The third kappa shape index (κ3) is 11.5. The Balaban J connectivity index is 1.48. The van der Waals surface area contributed by atoms with Gasteiger partial charge in [0, 0.05) is 57.0 Å². The molecular formula is C42H68N4O11S. The first-order valence-corrected chi connectivity index (χ1v) is 22.5. The summed E-state index contributed by atoms with van der Waals surface area (Å²) in [6.45, 7) is 15.1. The number of aromatic nitrogens is 3. The zero-order chi connectivity index (χ0) is 43.3. The highest BCUT2D eigenvalue weighted by atomic mass is 32.2. The van der Waals surface area contributed by atoms with Crippen LogP contribution < -0.4 is 0 Å². The number of hydrogen-bond donors (Lipinski definition) is 3. The minimum Gasteiger partial charge on any atom is -0.459 e. The molecule has 16 heteroatoms. The van der Waals surface area contributed by atoms with Crippen molar-refractivity contribution in [3.05, 3.63) is 41.7 Å². The molecule has 3 heterocycles. The van der Waals surface area contributed by atoms with Crippen LogP contribution in [0.2, 0.25) is 0 Å². The van der Waals surface area contributed by atoms with Gasteiger partial charge in [0.1, 0.15) is 23.6 Å². The Morgan fingerprint density at radius 3 is 2.28 bits per heavy atom. The molecule has 2 aromatic rings. The van der Waals surface area contributed by atoms with E-state index in [9.17, 15) is 33.3 Å². The topological polar surface area (TPSA) is 200 Å². The number of ketones is 1. The molecule has 0 saturated carbocycles. The number of carbonyl (C=O) groups excluding carboxylic acids is 2. The highest BCUT2D eigenvalue weighted by molar-refractivity contribution is 7.90. The van der Waals surface area contributed by atoms with Crippen molar-refractivity contribution in [1.29, 1.82) is 0 Å². The molecule has 0 spiro atoms. The Hall–Kier alpha value is -2.83. The fourth-order valence-electron chi connectivity index (χ4n) is 8.74. The molecule has 1 aromatic carbocycles. The molecule has 2 aliphatic heterocycles. The summed E-state index contributed by atoms with van der Waals surface area (Å²) in [7, 11) is 0.225. The normalized spacial score (nSPS) is 36.1. The van der Waals surface area contributed by atoms with Crippen molar-refractivity contribution in [1.82, 2.24) is 19.9 Å². The van der Waals surface area contributed by atoms with Gasteiger partial charge in [-0.2, -0.15) is 0 Å². The summed E-state index contributed by atoms with van der Waals surface area (Å²) >= 11 is 0. The number of sulfone groups is 1. The predicted octanol–water partition coefficient (Wildman–Crippen LogP) is 3.39. The lowest BCUT2D eigenvalue weighted by Crippen LogP contribution is -2.59. The molecule has 2 fully saturated rings. The smallest absolute Gasteiger partial charge is 0.309 e. The first kappa shape index (κ1) is 47.8. The van der Waals surface area contributed by atoms with Gasteiger partial charge in [-0.25, -0.2) is 8.42 Å². The van der Waals surface area contributed by atoms with Gasteiger partial charge < -0.3 is 39.2 Å². The molecule has 0 aliphatic carbocycles. The van der Waals surface area contributed by atoms with E-state index in [1.807, 2.05) is 34.0 Å². The standard InChI is InChI=1S/C42H68N4O11S/c1-12-34-42(8,51)37(49)29(6)35(47)27(4)23-41(7,54-10)38(25(2)21-26(3)39(50)56-34)57-40-36(48)33(22-28(5)55-40)45(9)19-18-31-24-46(44-43-31)20-17-30-13-15-32(16-14-30)58(11,52)53/h13-16,24-29,33-34,36-38,40,48-49,51H,12,17-23H2,1-11H3/t25-,26+,27+,28+,29-,33-,34+,36+,37+,38+,40-,41+,42+/m0/s1. The maximum Gasteiger partial charge on any atom is 0.309 e. The number of Topliss-reactive ketones (excluding diaryl/α,β-unsaturated/α-hetero) is 1. The minimum absolute atomic E-state index is 0.199. The first-order chi connectivity index (χ1) is 27.0. The van der Waals surface area contributed by atoms with Crippen molar-refractivity contribution in [2.24, 2.45) is 23.7 Å². The maximum absolute atomic E-state index is 13.8. The Labute approximate surface area is 344 Å². The maximum atomic E-state index is 13.8. The summed E-state index contributed by atoms with van der Waals surface area (Å²) in [6.07, 6.45) is -0.0736. The minimum atomic E-state index is -3.26. The van der Waals surface area contributed by atoms with E-state index in [0.717, 1.165) is 11.3 Å². The van der Waals surface area contributed by atoms with Gasteiger partial charge in [-0.15, -0.1) is 5.10 Å². The molecule has 58 heavy (non-hydrogen) atoms. The van der Waals surface area contributed by atoms with Crippen molar-refractivity contribution >= 4 is 21.6 Å². The van der Waals surface area contributed by atoms with E-state index in [0.29, 0.717) is 38.8 Å². The Bertz CT molecular complexity index is 1770. The van der Waals surface area contributed by atoms with E-state index in [1.165, 1.54) is 13.2 Å². The highest BCUT2D eigenvalue weighted by Gasteiger charge is 2.50. The van der Waals surface area contributed by atoms with E-state index in [4.69, 9.17) is 18.9 Å². The van der Waals surface area contributed by atoms with E-state index in [-0.39, 0.29) is 41.6 Å². The van der Waals surface area contributed by atoms with Crippen LogP contribution in [0, 0.1) is 23.7 Å². The SMILES string of the molecule is CC[C@H]1OC(=O)[C@H](C)C[C@H](C)[C@@H](O[C@@H]2O[C@H](C)C[C@H](N(C)CCc3cn(CCc4ccc(S(C)(=O)=O)cc4)nn3)[C@H]2O)[C@](C)(OC)C[C@@H](C)C(=O)[C@H](C)[C@@H](O)[C@]1(C)O. The van der Waals surface area contributed by atoms with Crippen molar-refractivity contribution in [3.8, 4) is 0 Å². The van der Waals surface area contributed by atoms with Gasteiger partial charge in [-0.05, 0) is 83.5 Å². The molecule has 0 bridgehead atoms. The summed E-state index contributed by atoms with van der Waals surface area (Å²) < 4.78 is 50.4. The number of likely N-dealkylation sites (N-methyl/N-ethyl adjacent to an activating group) is 1. The number of aliphatic hydroxyl groups excluding tert-OH is 2. The number of ether oxygens (including phenoxy) is 4. The van der Waals surface area contributed by atoms with Gasteiger partial charge in [0.25, 0.3) is 0 Å². The largest absolute Gasteiger partial charge is 0.459 e. The Morgan fingerprint density at radius 2 is 1.67 bits per heavy atom. The summed E-state index contributed by atoms with van der Waals surface area (Å²) in [6, 6.07) is 6.49. The van der Waals surface area contributed by atoms with Crippen LogP contribution in [-0.4, -0.2) is 136 Å². The van der Waals surface area contributed by atoms with Gasteiger partial charge >= 0.3 is 5.97 Å². The number of esters is 1. The summed E-state index contributed by atoms with van der Waals surface area (Å²) in [5, 5.41) is 43.2. The molecule has 15 nitrogen and oxygen atoms in total. The fraction of sp³-hybridized carbons (Fsp3) is 0.762. The quantitative estimate of drug-likeness (QED) is 0.263. The van der Waals surface area contributed by atoms with Crippen LogP contribution in [0.1, 0.15) is 92.3 Å². The number of carbonyl (C=O) groups is 2. The van der Waals surface area contributed by atoms with Crippen LogP contribution >= 0.6 is 0 Å². The van der Waals surface area contributed by atoms with Crippen LogP contribution in [0.3, 0.4) is 0 Å². The van der Waals surface area contributed by atoms with E-state index < -0.39 is 75.5 Å². The molecular weight excluding hydrogens is 769 g/mol. The Kier molecular flexibility index (Phi) is 16.2. The van der Waals surface area contributed by atoms with E-state index >= 15 is 0 Å². The van der Waals surface area contributed by atoms with Gasteiger partial charge in [0.15, 0.2) is 16.1 Å². The number of cyclic esters (lactones) is 1. The molecule has 0 radical (unpaired) electrons. The number of nitrogens with zero attached hydrogens (tertiary/aromatic N) is 4. The number of rotatable bonds is 12. The van der Waals surface area contributed by atoms with Crippen LogP contribution in [-0.2, 0) is 57.8 Å². The van der Waals surface area contributed by atoms with E-state index in [2.05, 4.69) is 15.2 Å². The van der Waals surface area contributed by atoms with E-state index in [1.54, 1.807) is 63.8 Å². The average molecular weight is 837 g/mol. The van der Waals surface area contributed by atoms with Crippen LogP contribution in [0.5, 0.6) is 0 Å². The van der Waals surface area contributed by atoms with Crippen LogP contribution in [0.15, 0.2) is 35.4 Å². The highest BCUT2D eigenvalue weighted by Crippen LogP contribution is 2.39. The van der Waals surface area contributed by atoms with Crippen LogP contribution in [0.4, 0.5) is 0 Å². The summed E-state index contributed by atoms with van der Waals surface area (Å²) in [4.78, 5) is 29.7. The first-order valence-electron chi connectivity index (χ1n) is 20.6. The van der Waals surface area contributed by atoms with Crippen molar-refractivity contribution in [3.63, 3.8) is 0 Å². The summed E-state index contributed by atoms with van der Waals surface area (Å²) in [5.74, 6) is -3.38. The molecule has 0 amide bonds. The number of methoxy groups -OCH3 is 1. The number of benzene rings is 1. The second-order valence-corrected chi connectivity index (χ2v) is 19.5. The van der Waals surface area contributed by atoms with Crippen molar-refractivity contribution < 1.29 is 52.3 Å². The lowest BCUT2D eigenvalue weighted by molar-refractivity contribution is -0.298. The molecule has 13 atom stereocenters. The molecule has 328 valence electrons. The second-order valence-electron chi connectivity index (χ2n) is 17.5. The second kappa shape index (κ2) is 19.7. The van der Waals surface area contributed by atoms with Gasteiger partial charge in [-0.1, -0.05) is 52.0 Å². The monoisotopic (exact) mass is 836 g/mol. The lowest BCUT2D eigenvalue weighted by Gasteiger charge is -2.47. The lowest BCUT2D eigenvalue weighted by atomic mass is 9.74. The molecule has 2 aliphatic rings. The summed E-state index contributed by atoms with van der Waals surface area (Å²) in [5.41, 5.74) is -1.19. The third-order valence-electron chi connectivity index (χ3n) is 12.5. The fourth-order valence-corrected chi connectivity index (χ4v) is 9.38. The zero-order valence-corrected chi connectivity index (χ0v) is 37.0. The average Bonchev–Trinajstić information content (AvgIpc) is 3.64. The molecule has 0 unspecified atom stereocenters. The van der Waals surface area contributed by atoms with Gasteiger partial charge in [0.2, 0.25) is 0 Å². The van der Waals surface area contributed by atoms with Crippen molar-refractivity contribution in [2.75, 3.05) is 27.0 Å². The molecule has 3 N–H and O–H groups in total. The molecule has 2 saturated heterocycles. The molecule has 4 rings (SSSR count).